The maximum absolute atomic E-state index is 12.8. The summed E-state index contributed by atoms with van der Waals surface area (Å²) >= 11 is 0. The molecular weight excluding hydrogens is 320 g/mol. The van der Waals surface area contributed by atoms with Gasteiger partial charge < -0.3 is 13.7 Å². The van der Waals surface area contributed by atoms with Crippen LogP contribution in [0.15, 0.2) is 38.4 Å². The molecule has 1 aliphatic heterocycles. The lowest BCUT2D eigenvalue weighted by Crippen LogP contribution is -2.30. The van der Waals surface area contributed by atoms with Gasteiger partial charge in [0.05, 0.1) is 17.9 Å². The SMILES string of the molecule is CNS(=O)(=O)c1cc(C(=O)N2CCCC2c2ccco2)c(C)o1. The van der Waals surface area contributed by atoms with Gasteiger partial charge in [0.15, 0.2) is 0 Å². The molecule has 3 rings (SSSR count). The Balaban J connectivity index is 1.91. The number of rotatable bonds is 4. The first-order valence-corrected chi connectivity index (χ1v) is 8.80. The first-order chi connectivity index (χ1) is 10.9. The number of nitrogens with zero attached hydrogens (tertiary/aromatic N) is 1. The van der Waals surface area contributed by atoms with Crippen molar-refractivity contribution in [1.82, 2.24) is 9.62 Å². The highest BCUT2D eigenvalue weighted by atomic mass is 32.2. The molecule has 0 spiro atoms. The van der Waals surface area contributed by atoms with E-state index >= 15 is 0 Å². The summed E-state index contributed by atoms with van der Waals surface area (Å²) in [7, 11) is -2.43. The van der Waals surface area contributed by atoms with Crippen LogP contribution in [0.25, 0.3) is 0 Å². The van der Waals surface area contributed by atoms with E-state index in [4.69, 9.17) is 8.83 Å². The molecule has 0 bridgehead atoms. The number of sulfonamides is 1. The second kappa shape index (κ2) is 5.86. The molecule has 1 unspecified atom stereocenters. The number of furan rings is 2. The number of hydrogen-bond acceptors (Lipinski definition) is 5. The van der Waals surface area contributed by atoms with Crippen LogP contribution in [-0.2, 0) is 10.0 Å². The van der Waals surface area contributed by atoms with Crippen LogP contribution in [0.2, 0.25) is 0 Å². The lowest BCUT2D eigenvalue weighted by Gasteiger charge is -2.22. The van der Waals surface area contributed by atoms with Crippen molar-refractivity contribution >= 4 is 15.9 Å². The van der Waals surface area contributed by atoms with E-state index in [1.54, 1.807) is 24.2 Å². The van der Waals surface area contributed by atoms with Gasteiger partial charge in [-0.2, -0.15) is 0 Å². The van der Waals surface area contributed by atoms with Crippen molar-refractivity contribution in [3.8, 4) is 0 Å². The Labute approximate surface area is 134 Å². The summed E-state index contributed by atoms with van der Waals surface area (Å²) in [4.78, 5) is 14.5. The lowest BCUT2D eigenvalue weighted by molar-refractivity contribution is 0.0718. The Morgan fingerprint density at radius 1 is 1.43 bits per heavy atom. The number of likely N-dealkylation sites (tertiary alicyclic amines) is 1. The molecule has 0 aliphatic carbocycles. The highest BCUT2D eigenvalue weighted by Crippen LogP contribution is 2.34. The highest BCUT2D eigenvalue weighted by Gasteiger charge is 2.34. The molecule has 0 saturated carbocycles. The molecule has 2 aromatic heterocycles. The van der Waals surface area contributed by atoms with Crippen molar-refractivity contribution in [2.45, 2.75) is 30.9 Å². The van der Waals surface area contributed by atoms with Crippen LogP contribution < -0.4 is 4.72 Å². The van der Waals surface area contributed by atoms with E-state index in [1.165, 1.54) is 13.1 Å². The standard InChI is InChI=1S/C15H18N2O5S/c1-10-11(9-14(22-10)23(19,20)16-2)15(18)17-7-3-5-12(17)13-6-4-8-21-13/h4,6,8-9,12,16H,3,5,7H2,1-2H3. The number of aryl methyl sites for hydroxylation is 1. The van der Waals surface area contributed by atoms with Crippen molar-refractivity contribution in [1.29, 1.82) is 0 Å². The number of carbonyl (C=O) groups is 1. The van der Waals surface area contributed by atoms with Gasteiger partial charge >= 0.3 is 0 Å². The van der Waals surface area contributed by atoms with E-state index < -0.39 is 10.0 Å². The van der Waals surface area contributed by atoms with E-state index in [1.807, 2.05) is 6.07 Å². The first kappa shape index (κ1) is 15.8. The van der Waals surface area contributed by atoms with Crippen molar-refractivity contribution in [3.05, 3.63) is 41.5 Å². The largest absolute Gasteiger partial charge is 0.467 e. The maximum Gasteiger partial charge on any atom is 0.273 e. The molecule has 124 valence electrons. The minimum Gasteiger partial charge on any atom is -0.467 e. The second-order valence-electron chi connectivity index (χ2n) is 5.41. The number of nitrogens with one attached hydrogen (secondary N) is 1. The summed E-state index contributed by atoms with van der Waals surface area (Å²) in [6.45, 7) is 2.18. The summed E-state index contributed by atoms with van der Waals surface area (Å²) in [5, 5.41) is -0.255. The Morgan fingerprint density at radius 3 is 2.87 bits per heavy atom. The summed E-state index contributed by atoms with van der Waals surface area (Å²) in [6.07, 6.45) is 3.27. The molecule has 1 aliphatic rings. The molecule has 1 fully saturated rings. The summed E-state index contributed by atoms with van der Waals surface area (Å²) in [5.74, 6) is 0.775. The van der Waals surface area contributed by atoms with Gasteiger partial charge in [-0.05, 0) is 38.9 Å². The van der Waals surface area contributed by atoms with Gasteiger partial charge in [-0.3, -0.25) is 4.79 Å². The van der Waals surface area contributed by atoms with E-state index in [9.17, 15) is 13.2 Å². The molecular formula is C15H18N2O5S. The predicted molar refractivity (Wildman–Crippen MR) is 81.4 cm³/mol. The van der Waals surface area contributed by atoms with Crippen LogP contribution in [-0.4, -0.2) is 32.8 Å². The smallest absolute Gasteiger partial charge is 0.273 e. The fourth-order valence-corrected chi connectivity index (χ4v) is 3.55. The lowest BCUT2D eigenvalue weighted by atomic mass is 10.1. The molecule has 1 atom stereocenters. The highest BCUT2D eigenvalue weighted by molar-refractivity contribution is 7.89. The van der Waals surface area contributed by atoms with Crippen molar-refractivity contribution in [2.24, 2.45) is 0 Å². The van der Waals surface area contributed by atoms with Crippen molar-refractivity contribution in [3.63, 3.8) is 0 Å². The Bertz CT molecular complexity index is 807. The Kier molecular flexibility index (Phi) is 4.03. The van der Waals surface area contributed by atoms with Gasteiger partial charge in [-0.15, -0.1) is 0 Å². The second-order valence-corrected chi connectivity index (χ2v) is 7.23. The maximum atomic E-state index is 12.8. The van der Waals surface area contributed by atoms with Crippen LogP contribution in [0.3, 0.4) is 0 Å². The summed E-state index contributed by atoms with van der Waals surface area (Å²) in [5.41, 5.74) is 0.261. The fourth-order valence-electron chi connectivity index (χ4n) is 2.84. The van der Waals surface area contributed by atoms with Gasteiger partial charge in [0.25, 0.3) is 15.9 Å². The van der Waals surface area contributed by atoms with E-state index in [2.05, 4.69) is 4.72 Å². The number of amides is 1. The quantitative estimate of drug-likeness (QED) is 0.921. The van der Waals surface area contributed by atoms with Crippen LogP contribution >= 0.6 is 0 Å². The fraction of sp³-hybridized carbons (Fsp3) is 0.400. The third-order valence-corrected chi connectivity index (χ3v) is 5.31. The molecule has 2 aromatic rings. The van der Waals surface area contributed by atoms with E-state index in [-0.39, 0.29) is 28.4 Å². The summed E-state index contributed by atoms with van der Waals surface area (Å²) < 4.78 is 36.5. The molecule has 1 N–H and O–H groups in total. The van der Waals surface area contributed by atoms with Crippen molar-refractivity contribution in [2.75, 3.05) is 13.6 Å². The molecule has 8 heteroatoms. The molecule has 1 saturated heterocycles. The third-order valence-electron chi connectivity index (χ3n) is 4.04. The Hall–Kier alpha value is -2.06. The molecule has 0 radical (unpaired) electrons. The molecule has 23 heavy (non-hydrogen) atoms. The zero-order chi connectivity index (χ0) is 16.6. The first-order valence-electron chi connectivity index (χ1n) is 7.32. The molecule has 7 nitrogen and oxygen atoms in total. The average Bonchev–Trinajstić information content (AvgIpc) is 3.25. The number of hydrogen-bond donors (Lipinski definition) is 1. The average molecular weight is 338 g/mol. The predicted octanol–water partition coefficient (Wildman–Crippen LogP) is 2.07. The summed E-state index contributed by atoms with van der Waals surface area (Å²) in [6, 6.07) is 4.78. The van der Waals surface area contributed by atoms with E-state index in [0.29, 0.717) is 6.54 Å². The van der Waals surface area contributed by atoms with Gasteiger partial charge in [0.1, 0.15) is 11.5 Å². The van der Waals surface area contributed by atoms with Crippen LogP contribution in [0, 0.1) is 6.92 Å². The van der Waals surface area contributed by atoms with Crippen LogP contribution in [0.5, 0.6) is 0 Å². The monoisotopic (exact) mass is 338 g/mol. The van der Waals surface area contributed by atoms with Gasteiger partial charge in [0.2, 0.25) is 5.09 Å². The van der Waals surface area contributed by atoms with Gasteiger partial charge in [-0.1, -0.05) is 0 Å². The van der Waals surface area contributed by atoms with E-state index in [0.717, 1.165) is 18.6 Å². The molecule has 3 heterocycles. The number of carbonyl (C=O) groups excluding carboxylic acids is 1. The molecule has 1 amide bonds. The van der Waals surface area contributed by atoms with Gasteiger partial charge in [0, 0.05) is 12.6 Å². The van der Waals surface area contributed by atoms with Gasteiger partial charge in [-0.25, -0.2) is 13.1 Å². The Morgan fingerprint density at radius 2 is 2.22 bits per heavy atom. The minimum atomic E-state index is -3.72. The zero-order valence-electron chi connectivity index (χ0n) is 12.9. The third kappa shape index (κ3) is 2.79. The normalized spacial score (nSPS) is 18.5. The topological polar surface area (TPSA) is 92.8 Å². The minimum absolute atomic E-state index is 0.129. The van der Waals surface area contributed by atoms with Crippen LogP contribution in [0.4, 0.5) is 0 Å². The zero-order valence-corrected chi connectivity index (χ0v) is 13.7. The van der Waals surface area contributed by atoms with Crippen LogP contribution in [0.1, 0.15) is 40.8 Å². The van der Waals surface area contributed by atoms with Crippen molar-refractivity contribution < 1.29 is 22.0 Å². The molecule has 0 aromatic carbocycles.